The van der Waals surface area contributed by atoms with Crippen LogP contribution in [-0.4, -0.2) is 12.0 Å². The summed E-state index contributed by atoms with van der Waals surface area (Å²) in [7, 11) is 0. The highest BCUT2D eigenvalue weighted by molar-refractivity contribution is 8.04. The van der Waals surface area contributed by atoms with Crippen LogP contribution in [0.2, 0.25) is 0 Å². The van der Waals surface area contributed by atoms with E-state index in [1.54, 1.807) is 0 Å². The Morgan fingerprint density at radius 2 is 2.11 bits per heavy atom. The summed E-state index contributed by atoms with van der Waals surface area (Å²) in [5, 5.41) is 0. The Bertz CT molecular complexity index is 100. The summed E-state index contributed by atoms with van der Waals surface area (Å²) in [6.45, 7) is 1.13. The van der Waals surface area contributed by atoms with Gasteiger partial charge in [0.25, 0.3) is 0 Å². The minimum absolute atomic E-state index is 0.566. The number of hydrogen-bond donors (Lipinski definition) is 0. The Hall–Kier alpha value is 1.04. The van der Waals surface area contributed by atoms with Gasteiger partial charge in [-0.3, -0.25) is 0 Å². The molecule has 0 saturated heterocycles. The Morgan fingerprint density at radius 3 is 2.44 bits per heavy atom. The molecule has 0 fully saturated rings. The smallest absolute Gasteiger partial charge is 0.0893 e. The fourth-order valence-corrected chi connectivity index (χ4v) is 1.25. The van der Waals surface area contributed by atoms with Gasteiger partial charge in [0, 0.05) is 12.0 Å². The Kier molecular flexibility index (Phi) is 6.47. The van der Waals surface area contributed by atoms with Crippen LogP contribution in [0.5, 0.6) is 0 Å². The molecular formula is C5H8Cl3P. The number of allylic oxidation sites excluding steroid dienone is 2. The van der Waals surface area contributed by atoms with Crippen molar-refractivity contribution in [3.05, 3.63) is 11.6 Å². The van der Waals surface area contributed by atoms with E-state index in [1.165, 1.54) is 0 Å². The lowest BCUT2D eigenvalue weighted by Crippen LogP contribution is -1.77. The standard InChI is InChI=1S/C5H8Cl3P/c1-5(4-6)2-3-9(7)8/h2H,3-4H2,1H3/b5-2+. The summed E-state index contributed by atoms with van der Waals surface area (Å²) < 4.78 is 0. The molecule has 0 aromatic carbocycles. The number of rotatable bonds is 3. The lowest BCUT2D eigenvalue weighted by molar-refractivity contribution is 1.38. The number of alkyl halides is 1. The normalized spacial score (nSPS) is 12.8. The molecule has 0 atom stereocenters. The van der Waals surface area contributed by atoms with E-state index in [2.05, 4.69) is 0 Å². The van der Waals surface area contributed by atoms with Crippen LogP contribution in [-0.2, 0) is 0 Å². The van der Waals surface area contributed by atoms with Gasteiger partial charge < -0.3 is 0 Å². The average Bonchev–Trinajstić information content (AvgIpc) is 1.83. The molecule has 54 valence electrons. The maximum Gasteiger partial charge on any atom is 0.0893 e. The van der Waals surface area contributed by atoms with Crippen molar-refractivity contribution >= 4 is 40.7 Å². The van der Waals surface area contributed by atoms with Gasteiger partial charge in [0.2, 0.25) is 0 Å². The zero-order valence-electron chi connectivity index (χ0n) is 5.07. The van der Waals surface area contributed by atoms with Crippen LogP contribution in [0.3, 0.4) is 0 Å². The molecule has 0 unspecified atom stereocenters. The summed E-state index contributed by atoms with van der Waals surface area (Å²) in [4.78, 5) is 0. The van der Waals surface area contributed by atoms with Gasteiger partial charge in [-0.05, 0) is 6.92 Å². The maximum absolute atomic E-state index is 5.52. The van der Waals surface area contributed by atoms with Gasteiger partial charge in [0.15, 0.2) is 0 Å². The topological polar surface area (TPSA) is 0 Å². The molecule has 0 amide bonds. The van der Waals surface area contributed by atoms with Crippen molar-refractivity contribution in [3.8, 4) is 0 Å². The number of halogens is 3. The molecule has 0 saturated carbocycles. The first-order valence-electron chi connectivity index (χ1n) is 2.47. The number of hydrogen-bond acceptors (Lipinski definition) is 0. The van der Waals surface area contributed by atoms with E-state index in [9.17, 15) is 0 Å². The van der Waals surface area contributed by atoms with Gasteiger partial charge in [0.05, 0.1) is 6.63 Å². The van der Waals surface area contributed by atoms with Crippen molar-refractivity contribution in [2.45, 2.75) is 6.92 Å². The van der Waals surface area contributed by atoms with Crippen LogP contribution in [0.15, 0.2) is 11.6 Å². The van der Waals surface area contributed by atoms with Crippen LogP contribution in [0, 0.1) is 0 Å². The van der Waals surface area contributed by atoms with Crippen molar-refractivity contribution < 1.29 is 0 Å². The molecule has 0 spiro atoms. The molecule has 0 N–H and O–H groups in total. The van der Waals surface area contributed by atoms with Gasteiger partial charge in [-0.2, -0.15) is 0 Å². The van der Waals surface area contributed by atoms with E-state index < -0.39 is 6.63 Å². The third-order valence-corrected chi connectivity index (χ3v) is 2.50. The van der Waals surface area contributed by atoms with Gasteiger partial charge in [-0.15, -0.1) is 11.6 Å². The van der Waals surface area contributed by atoms with E-state index >= 15 is 0 Å². The Labute approximate surface area is 71.5 Å². The van der Waals surface area contributed by atoms with E-state index in [0.717, 1.165) is 11.7 Å². The molecule has 0 aliphatic rings. The molecule has 0 nitrogen and oxygen atoms in total. The average molecular weight is 205 g/mol. The van der Waals surface area contributed by atoms with E-state index in [-0.39, 0.29) is 0 Å². The Balaban J connectivity index is 3.43. The maximum atomic E-state index is 5.52. The monoisotopic (exact) mass is 204 g/mol. The molecule has 4 heteroatoms. The minimum Gasteiger partial charge on any atom is -0.122 e. The predicted octanol–water partition coefficient (Wildman–Crippen LogP) is 3.96. The molecule has 0 radical (unpaired) electrons. The summed E-state index contributed by atoms with van der Waals surface area (Å²) >= 11 is 16.5. The first kappa shape index (κ1) is 10.0. The molecule has 0 heterocycles. The van der Waals surface area contributed by atoms with Crippen LogP contribution in [0.1, 0.15) is 6.92 Å². The zero-order valence-corrected chi connectivity index (χ0v) is 8.23. The van der Waals surface area contributed by atoms with Crippen molar-refractivity contribution in [2.24, 2.45) is 0 Å². The Morgan fingerprint density at radius 1 is 1.56 bits per heavy atom. The van der Waals surface area contributed by atoms with Crippen LogP contribution in [0.25, 0.3) is 0 Å². The van der Waals surface area contributed by atoms with Crippen LogP contribution >= 0.6 is 40.7 Å². The van der Waals surface area contributed by atoms with Crippen LogP contribution in [0.4, 0.5) is 0 Å². The van der Waals surface area contributed by atoms with Crippen molar-refractivity contribution in [3.63, 3.8) is 0 Å². The lowest BCUT2D eigenvalue weighted by Gasteiger charge is -1.94. The second-order valence-electron chi connectivity index (χ2n) is 1.67. The molecule has 9 heavy (non-hydrogen) atoms. The van der Waals surface area contributed by atoms with Gasteiger partial charge >= 0.3 is 0 Å². The SMILES string of the molecule is C/C(=C\CP(Cl)Cl)CCl. The van der Waals surface area contributed by atoms with Crippen molar-refractivity contribution in [1.82, 2.24) is 0 Å². The second kappa shape index (κ2) is 5.80. The largest absolute Gasteiger partial charge is 0.122 e. The molecular weight excluding hydrogens is 197 g/mol. The summed E-state index contributed by atoms with van der Waals surface area (Å²) in [6, 6.07) is 0. The fourth-order valence-electron chi connectivity index (χ4n) is 0.279. The van der Waals surface area contributed by atoms with Gasteiger partial charge in [0.1, 0.15) is 0 Å². The third kappa shape index (κ3) is 6.93. The molecule has 0 rings (SSSR count). The molecule has 0 aromatic heterocycles. The second-order valence-corrected chi connectivity index (χ2v) is 5.88. The molecule has 0 aliphatic heterocycles. The van der Waals surface area contributed by atoms with Gasteiger partial charge in [-0.1, -0.05) is 34.1 Å². The molecule has 0 aliphatic carbocycles. The zero-order chi connectivity index (χ0) is 7.28. The predicted molar refractivity (Wildman–Crippen MR) is 48.0 cm³/mol. The highest BCUT2D eigenvalue weighted by Gasteiger charge is 1.94. The van der Waals surface area contributed by atoms with E-state index in [0.29, 0.717) is 5.88 Å². The summed E-state index contributed by atoms with van der Waals surface area (Å²) in [5.74, 6) is 0.566. The third-order valence-electron chi connectivity index (χ3n) is 0.789. The lowest BCUT2D eigenvalue weighted by atomic mass is 10.3. The van der Waals surface area contributed by atoms with Crippen LogP contribution < -0.4 is 0 Å². The van der Waals surface area contributed by atoms with E-state index in [4.69, 9.17) is 34.1 Å². The van der Waals surface area contributed by atoms with Crippen molar-refractivity contribution in [2.75, 3.05) is 12.0 Å². The van der Waals surface area contributed by atoms with Gasteiger partial charge in [-0.25, -0.2) is 0 Å². The minimum atomic E-state index is -0.829. The fraction of sp³-hybridized carbons (Fsp3) is 0.600. The molecule has 0 aromatic rings. The first-order valence-corrected chi connectivity index (χ1v) is 6.34. The van der Waals surface area contributed by atoms with E-state index in [1.807, 2.05) is 13.0 Å². The summed E-state index contributed by atoms with van der Waals surface area (Å²) in [5.41, 5.74) is 1.13. The first-order chi connectivity index (χ1) is 4.16. The summed E-state index contributed by atoms with van der Waals surface area (Å²) in [6.07, 6.45) is 2.72. The van der Waals surface area contributed by atoms with Crippen molar-refractivity contribution in [1.29, 1.82) is 0 Å². The quantitative estimate of drug-likeness (QED) is 0.372. The highest BCUT2D eigenvalue weighted by atomic mass is 35.9. The highest BCUT2D eigenvalue weighted by Crippen LogP contribution is 2.46. The molecule has 0 bridgehead atoms.